The van der Waals surface area contributed by atoms with Crippen molar-refractivity contribution in [3.8, 4) is 17.2 Å². The Labute approximate surface area is 230 Å². The van der Waals surface area contributed by atoms with E-state index in [0.717, 1.165) is 28.0 Å². The van der Waals surface area contributed by atoms with Crippen molar-refractivity contribution in [1.82, 2.24) is 4.57 Å². The average Bonchev–Trinajstić information content (AvgIpc) is 3.40. The van der Waals surface area contributed by atoms with Gasteiger partial charge in [-0.05, 0) is 79.2 Å². The summed E-state index contributed by atoms with van der Waals surface area (Å²) in [5.41, 5.74) is 3.83. The third kappa shape index (κ3) is 5.64. The van der Waals surface area contributed by atoms with Crippen LogP contribution in [0, 0.1) is 0 Å². The number of fused-ring (bicyclic) bond motifs is 1. The minimum absolute atomic E-state index is 0.0130. The molecule has 0 bridgehead atoms. The van der Waals surface area contributed by atoms with Crippen molar-refractivity contribution >= 4 is 10.9 Å². The number of rotatable bonds is 11. The fourth-order valence-corrected chi connectivity index (χ4v) is 4.97. The number of aliphatic hydroxyl groups excluding tert-OH is 1. The van der Waals surface area contributed by atoms with Crippen LogP contribution in [0.4, 0.5) is 0 Å². The van der Waals surface area contributed by atoms with Gasteiger partial charge in [0.25, 0.3) is 0 Å². The van der Waals surface area contributed by atoms with E-state index in [0.29, 0.717) is 18.1 Å². The van der Waals surface area contributed by atoms with E-state index in [9.17, 15) is 0 Å². The molecular weight excluding hydrogens is 486 g/mol. The molecule has 39 heavy (non-hydrogen) atoms. The summed E-state index contributed by atoms with van der Waals surface area (Å²) in [4.78, 5) is 0. The highest BCUT2D eigenvalue weighted by molar-refractivity contribution is 5.81. The molecule has 1 aromatic heterocycles. The Kier molecular flexibility index (Phi) is 7.89. The summed E-state index contributed by atoms with van der Waals surface area (Å²) in [5, 5.41) is 10.3. The predicted octanol–water partition coefficient (Wildman–Crippen LogP) is 7.19. The maximum Gasteiger partial charge on any atom is 0.161 e. The van der Waals surface area contributed by atoms with Crippen molar-refractivity contribution in [2.75, 3.05) is 13.2 Å². The Balaban J connectivity index is 1.60. The number of hydrogen-bond donors (Lipinski definition) is 1. The normalized spacial score (nSPS) is 12.8. The molecule has 5 aromatic rings. The fourth-order valence-electron chi connectivity index (χ4n) is 4.97. The van der Waals surface area contributed by atoms with Gasteiger partial charge < -0.3 is 23.9 Å². The van der Waals surface area contributed by atoms with Gasteiger partial charge in [-0.3, -0.25) is 0 Å². The summed E-state index contributed by atoms with van der Waals surface area (Å²) in [7, 11) is 0. The van der Waals surface area contributed by atoms with E-state index in [1.807, 2.05) is 50.2 Å². The highest BCUT2D eigenvalue weighted by Gasteiger charge is 2.33. The first-order chi connectivity index (χ1) is 19.0. The van der Waals surface area contributed by atoms with Crippen LogP contribution in [0.5, 0.6) is 17.2 Å². The van der Waals surface area contributed by atoms with Crippen LogP contribution in [-0.4, -0.2) is 29.0 Å². The largest absolute Gasteiger partial charge is 0.491 e. The van der Waals surface area contributed by atoms with Crippen LogP contribution in [0.1, 0.15) is 37.5 Å². The van der Waals surface area contributed by atoms with E-state index in [4.69, 9.17) is 19.3 Å². The molecule has 0 amide bonds. The molecule has 0 saturated carbocycles. The van der Waals surface area contributed by atoms with E-state index in [1.165, 1.54) is 5.39 Å². The minimum atomic E-state index is -0.564. The summed E-state index contributed by atoms with van der Waals surface area (Å²) < 4.78 is 20.5. The molecule has 0 aliphatic heterocycles. The van der Waals surface area contributed by atoms with E-state index in [2.05, 4.69) is 84.4 Å². The summed E-state index contributed by atoms with van der Waals surface area (Å²) in [6.45, 7) is 6.98. The van der Waals surface area contributed by atoms with E-state index < -0.39 is 5.54 Å². The summed E-state index contributed by atoms with van der Waals surface area (Å²) >= 11 is 0. The fraction of sp³-hybridized carbons (Fsp3) is 0.235. The molecule has 0 spiro atoms. The lowest BCUT2D eigenvalue weighted by Crippen LogP contribution is -2.32. The average molecular weight is 522 g/mol. The van der Waals surface area contributed by atoms with Crippen LogP contribution in [-0.2, 0) is 12.1 Å². The zero-order valence-electron chi connectivity index (χ0n) is 22.7. The van der Waals surface area contributed by atoms with Crippen LogP contribution in [0.3, 0.4) is 0 Å². The van der Waals surface area contributed by atoms with Gasteiger partial charge >= 0.3 is 0 Å². The molecule has 5 nitrogen and oxygen atoms in total. The predicted molar refractivity (Wildman–Crippen MR) is 156 cm³/mol. The Bertz CT molecular complexity index is 1510. The summed E-state index contributed by atoms with van der Waals surface area (Å²) in [6.07, 6.45) is 2.13. The van der Waals surface area contributed by atoms with E-state index in [-0.39, 0.29) is 19.3 Å². The van der Waals surface area contributed by atoms with Crippen molar-refractivity contribution in [3.63, 3.8) is 0 Å². The molecule has 5 rings (SSSR count). The SMILES string of the molecule is CC(C)Oc1cc(C(C)(c2ccc(OCCO)cc2)n2ccc3ccccc32)ccc1OCc1ccccc1. The van der Waals surface area contributed by atoms with Crippen molar-refractivity contribution in [1.29, 1.82) is 0 Å². The first-order valence-electron chi connectivity index (χ1n) is 13.4. The van der Waals surface area contributed by atoms with Gasteiger partial charge in [0.2, 0.25) is 0 Å². The van der Waals surface area contributed by atoms with Gasteiger partial charge in [0, 0.05) is 11.7 Å². The molecule has 1 heterocycles. The third-order valence-electron chi connectivity index (χ3n) is 6.96. The van der Waals surface area contributed by atoms with E-state index in [1.54, 1.807) is 0 Å². The zero-order valence-corrected chi connectivity index (χ0v) is 22.7. The van der Waals surface area contributed by atoms with Gasteiger partial charge in [-0.15, -0.1) is 0 Å². The quantitative estimate of drug-likeness (QED) is 0.200. The van der Waals surface area contributed by atoms with Crippen LogP contribution in [0.2, 0.25) is 0 Å². The Morgan fingerprint density at radius 2 is 1.49 bits per heavy atom. The lowest BCUT2D eigenvalue weighted by atomic mass is 9.83. The van der Waals surface area contributed by atoms with Gasteiger partial charge in [-0.25, -0.2) is 0 Å². The van der Waals surface area contributed by atoms with Gasteiger partial charge in [-0.2, -0.15) is 0 Å². The molecule has 0 aliphatic rings. The number of benzene rings is 4. The molecular formula is C34H35NO4. The number of nitrogens with zero attached hydrogens (tertiary/aromatic N) is 1. The molecule has 1 atom stereocenters. The molecule has 1 N–H and O–H groups in total. The second kappa shape index (κ2) is 11.7. The van der Waals surface area contributed by atoms with Crippen molar-refractivity contribution in [3.05, 3.63) is 126 Å². The molecule has 4 aromatic carbocycles. The Morgan fingerprint density at radius 1 is 0.769 bits per heavy atom. The number of para-hydroxylation sites is 1. The molecule has 0 radical (unpaired) electrons. The zero-order chi connectivity index (χ0) is 27.2. The molecule has 0 fully saturated rings. The molecule has 1 unspecified atom stereocenters. The van der Waals surface area contributed by atoms with Gasteiger partial charge in [0.1, 0.15) is 19.0 Å². The highest BCUT2D eigenvalue weighted by atomic mass is 16.5. The standard InChI is InChI=1S/C34H35NO4/c1-25(2)39-33-23-29(15-18-32(33)38-24-26-9-5-4-6-10-26)34(3,28-13-16-30(17-14-28)37-22-21-36)35-20-19-27-11-7-8-12-31(27)35/h4-20,23,25,36H,21-22,24H2,1-3H3. The second-order valence-electron chi connectivity index (χ2n) is 10.0. The highest BCUT2D eigenvalue weighted by Crippen LogP contribution is 2.41. The van der Waals surface area contributed by atoms with Gasteiger partial charge in [0.15, 0.2) is 11.5 Å². The third-order valence-corrected chi connectivity index (χ3v) is 6.96. The Morgan fingerprint density at radius 3 is 2.23 bits per heavy atom. The van der Waals surface area contributed by atoms with Crippen LogP contribution >= 0.6 is 0 Å². The minimum Gasteiger partial charge on any atom is -0.491 e. The molecule has 5 heteroatoms. The molecule has 0 saturated heterocycles. The monoisotopic (exact) mass is 521 g/mol. The van der Waals surface area contributed by atoms with E-state index >= 15 is 0 Å². The second-order valence-corrected chi connectivity index (χ2v) is 10.0. The van der Waals surface area contributed by atoms with Crippen LogP contribution < -0.4 is 14.2 Å². The number of hydrogen-bond acceptors (Lipinski definition) is 4. The molecule has 200 valence electrons. The Hall–Kier alpha value is -4.22. The maximum atomic E-state index is 9.15. The van der Waals surface area contributed by atoms with Gasteiger partial charge in [0.05, 0.1) is 18.2 Å². The first kappa shape index (κ1) is 26.4. The van der Waals surface area contributed by atoms with Crippen molar-refractivity contribution < 1.29 is 19.3 Å². The maximum absolute atomic E-state index is 9.15. The van der Waals surface area contributed by atoms with Gasteiger partial charge in [-0.1, -0.05) is 66.7 Å². The number of aliphatic hydroxyl groups is 1. The number of ether oxygens (including phenoxy) is 3. The smallest absolute Gasteiger partial charge is 0.161 e. The lowest BCUT2D eigenvalue weighted by Gasteiger charge is -2.35. The topological polar surface area (TPSA) is 52.8 Å². The van der Waals surface area contributed by atoms with Crippen molar-refractivity contribution in [2.24, 2.45) is 0 Å². The van der Waals surface area contributed by atoms with Crippen LogP contribution in [0.25, 0.3) is 10.9 Å². The number of aromatic nitrogens is 1. The summed E-state index contributed by atoms with van der Waals surface area (Å²) in [5.74, 6) is 2.15. The lowest BCUT2D eigenvalue weighted by molar-refractivity contribution is 0.201. The van der Waals surface area contributed by atoms with Crippen molar-refractivity contribution in [2.45, 2.75) is 39.0 Å². The van der Waals surface area contributed by atoms with Crippen LogP contribution in [0.15, 0.2) is 109 Å². The molecule has 0 aliphatic carbocycles. The summed E-state index contributed by atoms with van der Waals surface area (Å²) in [6, 6.07) is 35.0. The first-order valence-corrected chi connectivity index (χ1v) is 13.4.